The van der Waals surface area contributed by atoms with Gasteiger partial charge in [-0.2, -0.15) is 0 Å². The number of carbonyl (C=O) groups is 1. The van der Waals surface area contributed by atoms with Crippen molar-refractivity contribution >= 4 is 5.91 Å². The zero-order chi connectivity index (χ0) is 23.2. The van der Waals surface area contributed by atoms with Crippen LogP contribution in [0.5, 0.6) is 5.75 Å². The fourth-order valence-electron chi connectivity index (χ4n) is 5.55. The minimum Gasteiger partial charge on any atom is -0.494 e. The molecule has 1 aliphatic heterocycles. The van der Waals surface area contributed by atoms with Gasteiger partial charge in [-0.1, -0.05) is 37.6 Å². The number of amides is 1. The number of hydrogen-bond acceptors (Lipinski definition) is 3. The Hall–Kier alpha value is -2.33. The fraction of sp³-hybridized carbons (Fsp3) is 0.552. The van der Waals surface area contributed by atoms with E-state index in [1.165, 1.54) is 30.4 Å². The Bertz CT molecular complexity index is 902. The van der Waals surface area contributed by atoms with Crippen LogP contribution in [0.25, 0.3) is 0 Å². The molecule has 4 rings (SSSR count). The number of nitrogens with one attached hydrogen (secondary N) is 1. The standard InChI is InChI=1S/C29H40N2O2/c1-4-22-15-17-31(18-16-22)29(32)24-11-9-23(10-12-24)26-13-14-27(19-26)30-21(3)25-7-6-8-28(20-25)33-5-2/h6-12,20-22,26-27,30H,4-5,13-19H2,1-3H3. The van der Waals surface area contributed by atoms with E-state index in [0.717, 1.165) is 49.6 Å². The van der Waals surface area contributed by atoms with Crippen LogP contribution in [0.1, 0.15) is 92.7 Å². The van der Waals surface area contributed by atoms with E-state index in [1.807, 2.05) is 30.0 Å². The Labute approximate surface area is 199 Å². The summed E-state index contributed by atoms with van der Waals surface area (Å²) in [6.45, 7) is 9.01. The summed E-state index contributed by atoms with van der Waals surface area (Å²) in [6.07, 6.45) is 7.05. The number of rotatable bonds is 8. The van der Waals surface area contributed by atoms with Crippen molar-refractivity contribution in [3.05, 3.63) is 65.2 Å². The molecule has 1 amide bonds. The second-order valence-electron chi connectivity index (χ2n) is 9.87. The third-order valence-electron chi connectivity index (χ3n) is 7.70. The van der Waals surface area contributed by atoms with Crippen molar-refractivity contribution < 1.29 is 9.53 Å². The molecule has 33 heavy (non-hydrogen) atoms. The first kappa shape index (κ1) is 23.8. The number of benzene rings is 2. The van der Waals surface area contributed by atoms with E-state index in [0.29, 0.717) is 24.6 Å². The predicted molar refractivity (Wildman–Crippen MR) is 135 cm³/mol. The topological polar surface area (TPSA) is 41.6 Å². The average Bonchev–Trinajstić information content (AvgIpc) is 3.32. The van der Waals surface area contributed by atoms with E-state index in [1.54, 1.807) is 0 Å². The predicted octanol–water partition coefficient (Wildman–Crippen LogP) is 6.33. The van der Waals surface area contributed by atoms with Crippen molar-refractivity contribution in [3.8, 4) is 5.75 Å². The molecule has 0 bridgehead atoms. The summed E-state index contributed by atoms with van der Waals surface area (Å²) >= 11 is 0. The van der Waals surface area contributed by atoms with Crippen LogP contribution in [0.3, 0.4) is 0 Å². The van der Waals surface area contributed by atoms with Gasteiger partial charge in [-0.05, 0) is 93.2 Å². The van der Waals surface area contributed by atoms with Crippen molar-refractivity contribution in [2.24, 2.45) is 5.92 Å². The molecule has 1 heterocycles. The Morgan fingerprint density at radius 1 is 1.06 bits per heavy atom. The largest absolute Gasteiger partial charge is 0.494 e. The van der Waals surface area contributed by atoms with E-state index in [-0.39, 0.29) is 5.91 Å². The van der Waals surface area contributed by atoms with Gasteiger partial charge in [0.05, 0.1) is 6.61 Å². The first-order chi connectivity index (χ1) is 16.1. The summed E-state index contributed by atoms with van der Waals surface area (Å²) in [5.41, 5.74) is 3.48. The maximum Gasteiger partial charge on any atom is 0.253 e. The highest BCUT2D eigenvalue weighted by Crippen LogP contribution is 2.36. The Balaban J connectivity index is 1.30. The molecule has 2 aromatic rings. The molecular formula is C29H40N2O2. The minimum atomic E-state index is 0.199. The molecule has 0 spiro atoms. The highest BCUT2D eigenvalue weighted by Gasteiger charge is 2.28. The van der Waals surface area contributed by atoms with Gasteiger partial charge in [0.2, 0.25) is 0 Å². The van der Waals surface area contributed by atoms with Crippen molar-refractivity contribution in [2.75, 3.05) is 19.7 Å². The van der Waals surface area contributed by atoms with Gasteiger partial charge in [-0.15, -0.1) is 0 Å². The lowest BCUT2D eigenvalue weighted by Gasteiger charge is -2.31. The summed E-state index contributed by atoms with van der Waals surface area (Å²) < 4.78 is 5.66. The van der Waals surface area contributed by atoms with Gasteiger partial charge in [0.15, 0.2) is 0 Å². The van der Waals surface area contributed by atoms with Crippen molar-refractivity contribution in [2.45, 2.75) is 77.3 Å². The van der Waals surface area contributed by atoms with Crippen LogP contribution in [-0.2, 0) is 0 Å². The molecule has 3 unspecified atom stereocenters. The molecule has 1 saturated heterocycles. The molecule has 4 heteroatoms. The monoisotopic (exact) mass is 448 g/mol. The molecule has 0 aromatic heterocycles. The number of hydrogen-bond donors (Lipinski definition) is 1. The molecule has 3 atom stereocenters. The van der Waals surface area contributed by atoms with Gasteiger partial charge < -0.3 is 15.0 Å². The molecule has 2 fully saturated rings. The zero-order valence-electron chi connectivity index (χ0n) is 20.6. The van der Waals surface area contributed by atoms with Crippen LogP contribution in [0.2, 0.25) is 0 Å². The van der Waals surface area contributed by atoms with E-state index in [4.69, 9.17) is 4.74 Å². The first-order valence-corrected chi connectivity index (χ1v) is 12.9. The van der Waals surface area contributed by atoms with E-state index in [2.05, 4.69) is 49.5 Å². The summed E-state index contributed by atoms with van der Waals surface area (Å²) in [4.78, 5) is 14.9. The maximum absolute atomic E-state index is 12.9. The Kier molecular flexibility index (Phi) is 8.08. The van der Waals surface area contributed by atoms with Crippen LogP contribution in [-0.4, -0.2) is 36.5 Å². The minimum absolute atomic E-state index is 0.199. The highest BCUT2D eigenvalue weighted by molar-refractivity contribution is 5.94. The van der Waals surface area contributed by atoms with Gasteiger partial charge in [0.25, 0.3) is 5.91 Å². The third-order valence-corrected chi connectivity index (χ3v) is 7.70. The molecule has 4 nitrogen and oxygen atoms in total. The number of nitrogens with zero attached hydrogens (tertiary/aromatic N) is 1. The Morgan fingerprint density at radius 2 is 1.82 bits per heavy atom. The molecule has 2 aliphatic rings. The first-order valence-electron chi connectivity index (χ1n) is 12.9. The third kappa shape index (κ3) is 5.97. The van der Waals surface area contributed by atoms with Crippen molar-refractivity contribution in [1.29, 1.82) is 0 Å². The highest BCUT2D eigenvalue weighted by atomic mass is 16.5. The van der Waals surface area contributed by atoms with Crippen LogP contribution in [0.15, 0.2) is 48.5 Å². The zero-order valence-corrected chi connectivity index (χ0v) is 20.6. The lowest BCUT2D eigenvalue weighted by atomic mass is 9.93. The second kappa shape index (κ2) is 11.2. The van der Waals surface area contributed by atoms with Crippen LogP contribution >= 0.6 is 0 Å². The lowest BCUT2D eigenvalue weighted by molar-refractivity contribution is 0.0689. The van der Waals surface area contributed by atoms with E-state index >= 15 is 0 Å². The molecule has 0 radical (unpaired) electrons. The van der Waals surface area contributed by atoms with Crippen molar-refractivity contribution in [1.82, 2.24) is 10.2 Å². The average molecular weight is 449 g/mol. The number of piperidine rings is 1. The van der Waals surface area contributed by atoms with Gasteiger partial charge in [-0.25, -0.2) is 0 Å². The van der Waals surface area contributed by atoms with Crippen LogP contribution in [0, 0.1) is 5.92 Å². The summed E-state index contributed by atoms with van der Waals surface area (Å²) in [6, 6.07) is 17.7. The van der Waals surface area contributed by atoms with Gasteiger partial charge in [-0.3, -0.25) is 4.79 Å². The maximum atomic E-state index is 12.9. The summed E-state index contributed by atoms with van der Waals surface area (Å²) in [7, 11) is 0. The van der Waals surface area contributed by atoms with Crippen LogP contribution in [0.4, 0.5) is 0 Å². The normalized spacial score (nSPS) is 22.3. The van der Waals surface area contributed by atoms with Gasteiger partial charge in [0.1, 0.15) is 5.75 Å². The molecule has 1 aliphatic carbocycles. The fourth-order valence-corrected chi connectivity index (χ4v) is 5.55. The number of carbonyl (C=O) groups excluding carboxylic acids is 1. The number of ether oxygens (including phenoxy) is 1. The van der Waals surface area contributed by atoms with E-state index < -0.39 is 0 Å². The molecule has 1 N–H and O–H groups in total. The molecular weight excluding hydrogens is 408 g/mol. The van der Waals surface area contributed by atoms with E-state index in [9.17, 15) is 4.79 Å². The Morgan fingerprint density at radius 3 is 2.52 bits per heavy atom. The quantitative estimate of drug-likeness (QED) is 0.513. The lowest BCUT2D eigenvalue weighted by Crippen LogP contribution is -2.38. The number of likely N-dealkylation sites (tertiary alicyclic amines) is 1. The molecule has 178 valence electrons. The molecule has 2 aromatic carbocycles. The van der Waals surface area contributed by atoms with Gasteiger partial charge in [0, 0.05) is 30.7 Å². The van der Waals surface area contributed by atoms with Gasteiger partial charge >= 0.3 is 0 Å². The molecule has 1 saturated carbocycles. The summed E-state index contributed by atoms with van der Waals surface area (Å²) in [5, 5.41) is 3.83. The smallest absolute Gasteiger partial charge is 0.253 e. The SMILES string of the molecule is CCOc1cccc(C(C)NC2CCC(c3ccc(C(=O)N4CCC(CC)CC4)cc3)C2)c1. The second-order valence-corrected chi connectivity index (χ2v) is 9.87. The van der Waals surface area contributed by atoms with Crippen LogP contribution < -0.4 is 10.1 Å². The summed E-state index contributed by atoms with van der Waals surface area (Å²) in [5.74, 6) is 2.49. The van der Waals surface area contributed by atoms with Crippen molar-refractivity contribution in [3.63, 3.8) is 0 Å².